The molecular weight excluding hydrogens is 685 g/mol. The molecule has 1 aromatic carbocycles. The van der Waals surface area contributed by atoms with Crippen molar-refractivity contribution in [3.8, 4) is 40.0 Å². The summed E-state index contributed by atoms with van der Waals surface area (Å²) in [7, 11) is 11.8. The molecule has 0 aliphatic heterocycles. The Hall–Kier alpha value is -3.37. The third-order valence-corrected chi connectivity index (χ3v) is 6.27. The molecule has 0 N–H and O–H groups in total. The van der Waals surface area contributed by atoms with Gasteiger partial charge in [0.25, 0.3) is 27.8 Å². The molecule has 0 radical (unpaired) electrons. The van der Waals surface area contributed by atoms with Crippen LogP contribution in [0.4, 0.5) is 0 Å². The second kappa shape index (κ2) is 19.7. The summed E-state index contributed by atoms with van der Waals surface area (Å²) in [5, 5.41) is 1.14. The fraction of sp³-hybridized carbons (Fsp3) is 0.0769. The van der Waals surface area contributed by atoms with E-state index < -0.39 is 8.38 Å². The van der Waals surface area contributed by atoms with Gasteiger partial charge in [-0.2, -0.15) is 0 Å². The van der Waals surface area contributed by atoms with E-state index in [1.165, 1.54) is 48.8 Å². The first-order chi connectivity index (χ1) is 20.0. The number of benzene rings is 1. The van der Waals surface area contributed by atoms with Crippen molar-refractivity contribution in [2.75, 3.05) is 14.2 Å². The van der Waals surface area contributed by atoms with Gasteiger partial charge in [-0.15, -0.1) is 0 Å². The Morgan fingerprint density at radius 1 is 0.659 bits per heavy atom. The van der Waals surface area contributed by atoms with Gasteiger partial charge in [0.2, 0.25) is 0 Å². The molecule has 0 atom stereocenters. The molecule has 0 aliphatic rings. The van der Waals surface area contributed by atoms with Crippen LogP contribution < -0.4 is 19.5 Å². The fourth-order valence-electron chi connectivity index (χ4n) is 3.14. The van der Waals surface area contributed by atoms with E-state index in [2.05, 4.69) is 15.0 Å². The maximum atomic E-state index is 10.8. The molecule has 15 heteroatoms. The number of hydrogen-bond acceptors (Lipinski definition) is 11. The van der Waals surface area contributed by atoms with Crippen molar-refractivity contribution >= 4 is 52.5 Å². The number of halogens is 2. The predicted octanol–water partition coefficient (Wildman–Crippen LogP) is 4.84. The van der Waals surface area contributed by atoms with Crippen LogP contribution in [0.15, 0.2) is 79.1 Å². The Morgan fingerprint density at radius 3 is 1.49 bits per heavy atom. The van der Waals surface area contributed by atoms with Crippen LogP contribution >= 0.6 is 27.8 Å². The maximum absolute atomic E-state index is 10.8. The van der Waals surface area contributed by atoms with Gasteiger partial charge in [-0.05, 0) is 24.3 Å². The molecule has 0 saturated heterocycles. The Kier molecular flexibility index (Phi) is 16.2. The van der Waals surface area contributed by atoms with E-state index in [0.717, 1.165) is 5.30 Å². The van der Waals surface area contributed by atoms with Gasteiger partial charge >= 0.3 is 34.5 Å². The number of nitrogens with zero attached hydrogens (tertiary/aromatic N) is 3. The van der Waals surface area contributed by atoms with Crippen LogP contribution in [0.25, 0.3) is 22.8 Å². The first kappa shape index (κ1) is 33.8. The summed E-state index contributed by atoms with van der Waals surface area (Å²) < 4.78 is 24.9. The minimum atomic E-state index is -1.20. The number of hydrogen-bond donors (Lipinski definition) is 0. The molecule has 216 valence electrons. The molecule has 0 spiro atoms. The van der Waals surface area contributed by atoms with E-state index in [1.807, 2.05) is 30.3 Å². The Labute approximate surface area is 252 Å². The molecule has 3 aromatic heterocycles. The zero-order chi connectivity index (χ0) is 29.9. The molecular formula is C26H23Cl2N3O8PRu+. The van der Waals surface area contributed by atoms with Crippen molar-refractivity contribution in [3.63, 3.8) is 0 Å². The molecule has 0 bridgehead atoms. The molecule has 0 unspecified atom stereocenters. The van der Waals surface area contributed by atoms with Gasteiger partial charge < -0.3 is 14.2 Å². The Balaban J connectivity index is 0.000000349. The molecule has 4 rings (SSSR count). The van der Waals surface area contributed by atoms with Gasteiger partial charge in [-0.1, -0.05) is 18.2 Å². The number of ether oxygens (including phenoxy) is 3. The number of carbonyl (C=O) groups excluding carboxylic acids is 3. The average molecular weight is 708 g/mol. The summed E-state index contributed by atoms with van der Waals surface area (Å²) in [5.41, 5.74) is 1.47. The molecule has 3 heterocycles. The van der Waals surface area contributed by atoms with Crippen molar-refractivity contribution in [3.05, 3.63) is 79.1 Å². The molecule has 0 fully saturated rings. The van der Waals surface area contributed by atoms with Crippen molar-refractivity contribution in [1.82, 2.24) is 15.0 Å². The van der Waals surface area contributed by atoms with Gasteiger partial charge in [0, 0.05) is 36.7 Å². The topological polar surface area (TPSA) is 136 Å². The molecule has 4 aromatic rings. The molecule has 11 nitrogen and oxygen atoms in total. The first-order valence-corrected chi connectivity index (χ1v) is 16.9. The van der Waals surface area contributed by atoms with Crippen molar-refractivity contribution < 1.29 is 52.8 Å². The minimum absolute atomic E-state index is 0.206. The van der Waals surface area contributed by atoms with Gasteiger partial charge in [0.1, 0.15) is 17.2 Å². The third-order valence-electron chi connectivity index (χ3n) is 4.72. The van der Waals surface area contributed by atoms with Crippen LogP contribution in [0.3, 0.4) is 0 Å². The zero-order valence-corrected chi connectivity index (χ0v) is 25.7. The van der Waals surface area contributed by atoms with Gasteiger partial charge in [0.05, 0.1) is 37.0 Å². The zero-order valence-electron chi connectivity index (χ0n) is 21.5. The molecule has 41 heavy (non-hydrogen) atoms. The normalized spacial score (nSPS) is 9.88. The Bertz CT molecular complexity index is 1320. The molecule has 0 saturated carbocycles. The van der Waals surface area contributed by atoms with E-state index in [1.54, 1.807) is 14.2 Å². The number of rotatable bonds is 11. The van der Waals surface area contributed by atoms with E-state index in [4.69, 9.17) is 42.6 Å². The van der Waals surface area contributed by atoms with Crippen LogP contribution in [0.5, 0.6) is 17.2 Å². The average Bonchev–Trinajstić information content (AvgIpc) is 3.00. The predicted molar refractivity (Wildman–Crippen MR) is 151 cm³/mol. The summed E-state index contributed by atoms with van der Waals surface area (Å²) in [6, 6.07) is 19.0. The van der Waals surface area contributed by atoms with Gasteiger partial charge in [0.15, 0.2) is 5.30 Å². The van der Waals surface area contributed by atoms with Crippen LogP contribution in [-0.4, -0.2) is 48.6 Å². The monoisotopic (exact) mass is 708 g/mol. The SMILES string of the molecule is CO[PH+](OC)c1ccccc1.O=COc1ccnc(-c2cc(OC=O)cc(-c3cc(OC=O)ccn3)n2)c1.[Cl][Ru][Cl]. The quantitative estimate of drug-likeness (QED) is 0.120. The number of pyridine rings is 3. The summed E-state index contributed by atoms with van der Waals surface area (Å²) in [4.78, 5) is 44.6. The van der Waals surface area contributed by atoms with E-state index >= 15 is 0 Å². The van der Waals surface area contributed by atoms with Gasteiger partial charge in [-0.3, -0.25) is 24.4 Å². The summed E-state index contributed by atoms with van der Waals surface area (Å²) in [5.74, 6) is 0.760. The number of aromatic nitrogens is 3. The van der Waals surface area contributed by atoms with Crippen molar-refractivity contribution in [1.29, 1.82) is 0 Å². The standard InChI is InChI=1S/C18H11N3O6.C8H11O2P.2ClH.Ru/c22-9-25-12-1-3-19-15(5-12)17-7-14(27-11-24)8-18(21-17)16-6-13(26-10-23)2-4-20-16;1-9-11(10-2)8-6-4-3-5-7-8;;;/h1-11H;3-7H,1-2H3;2*1H;/q;;;;+2/p-1. The fourth-order valence-corrected chi connectivity index (χ4v) is 4.25. The van der Waals surface area contributed by atoms with Crippen molar-refractivity contribution in [2.24, 2.45) is 0 Å². The van der Waals surface area contributed by atoms with Crippen LogP contribution in [0.1, 0.15) is 0 Å². The van der Waals surface area contributed by atoms with Crippen LogP contribution in [0.2, 0.25) is 0 Å². The number of carbonyl (C=O) groups is 3. The van der Waals surface area contributed by atoms with E-state index in [0.29, 0.717) is 35.7 Å². The summed E-state index contributed by atoms with van der Waals surface area (Å²) >= 11 is -0.346. The van der Waals surface area contributed by atoms with E-state index in [-0.39, 0.29) is 38.9 Å². The van der Waals surface area contributed by atoms with Gasteiger partial charge in [-0.25, -0.2) is 14.0 Å². The Morgan fingerprint density at radius 2 is 1.07 bits per heavy atom. The second-order valence-corrected chi connectivity index (χ2v) is 11.7. The first-order valence-electron chi connectivity index (χ1n) is 11.1. The van der Waals surface area contributed by atoms with E-state index in [9.17, 15) is 14.4 Å². The summed E-state index contributed by atoms with van der Waals surface area (Å²) in [6.45, 7) is 0.875. The van der Waals surface area contributed by atoms with Crippen molar-refractivity contribution in [2.45, 2.75) is 0 Å². The summed E-state index contributed by atoms with van der Waals surface area (Å²) in [6.07, 6.45) is 2.89. The molecule has 0 aliphatic carbocycles. The second-order valence-electron chi connectivity index (χ2n) is 7.08. The third kappa shape index (κ3) is 11.6. The van der Waals surface area contributed by atoms with Crippen LogP contribution in [-0.2, 0) is 38.6 Å². The van der Waals surface area contributed by atoms with Crippen LogP contribution in [0, 0.1) is 0 Å². The molecule has 0 amide bonds.